The van der Waals surface area contributed by atoms with E-state index in [0.29, 0.717) is 21.6 Å². The number of aromatic nitrogens is 2. The van der Waals surface area contributed by atoms with Gasteiger partial charge in [-0.05, 0) is 54.4 Å². The lowest BCUT2D eigenvalue weighted by Gasteiger charge is -2.19. The third kappa shape index (κ3) is 5.28. The Labute approximate surface area is 173 Å². The van der Waals surface area contributed by atoms with Crippen molar-refractivity contribution in [2.75, 3.05) is 12.4 Å². The summed E-state index contributed by atoms with van der Waals surface area (Å²) < 4.78 is 46.4. The smallest absolute Gasteiger partial charge is 0.241 e. The van der Waals surface area contributed by atoms with Crippen molar-refractivity contribution in [2.45, 2.75) is 24.8 Å². The zero-order valence-electron chi connectivity index (χ0n) is 16.1. The molecule has 1 aromatic heterocycles. The molecule has 1 unspecified atom stereocenters. The summed E-state index contributed by atoms with van der Waals surface area (Å²) in [7, 11) is -2.24. The maximum Gasteiger partial charge on any atom is 0.241 e. The highest BCUT2D eigenvalue weighted by molar-refractivity contribution is 7.89. The highest BCUT2D eigenvalue weighted by atomic mass is 32.2. The van der Waals surface area contributed by atoms with Crippen LogP contribution in [0.4, 0.5) is 15.2 Å². The number of hydrogen-bond acceptors (Lipinski definition) is 7. The summed E-state index contributed by atoms with van der Waals surface area (Å²) in [6.07, 6.45) is 0. The number of hydrogen-bond donors (Lipinski definition) is 2. The fraction of sp³-hybridized carbons (Fsp3) is 0.263. The quantitative estimate of drug-likeness (QED) is 0.552. The van der Waals surface area contributed by atoms with E-state index in [1.54, 1.807) is 24.3 Å². The van der Waals surface area contributed by atoms with Crippen LogP contribution < -0.4 is 14.8 Å². The second kappa shape index (κ2) is 8.85. The number of rotatable bonds is 8. The summed E-state index contributed by atoms with van der Waals surface area (Å²) in [5.74, 6) is 0.181. The van der Waals surface area contributed by atoms with Gasteiger partial charge in [0.2, 0.25) is 15.2 Å². The molecule has 2 N–H and O–H groups in total. The Morgan fingerprint density at radius 3 is 2.28 bits per heavy atom. The van der Waals surface area contributed by atoms with E-state index in [4.69, 9.17) is 4.74 Å². The first-order chi connectivity index (χ1) is 13.8. The maximum absolute atomic E-state index is 13.0. The van der Waals surface area contributed by atoms with E-state index in [1.165, 1.54) is 42.7 Å². The van der Waals surface area contributed by atoms with Gasteiger partial charge < -0.3 is 10.1 Å². The second-order valence-corrected chi connectivity index (χ2v) is 9.32. The molecule has 10 heteroatoms. The van der Waals surface area contributed by atoms with Crippen molar-refractivity contribution >= 4 is 32.2 Å². The third-order valence-corrected chi connectivity index (χ3v) is 6.50. The van der Waals surface area contributed by atoms with Gasteiger partial charge in [0, 0.05) is 5.69 Å². The molecule has 0 aliphatic rings. The van der Waals surface area contributed by atoms with Crippen LogP contribution in [0.1, 0.15) is 24.9 Å². The van der Waals surface area contributed by atoms with E-state index in [-0.39, 0.29) is 16.6 Å². The minimum absolute atomic E-state index is 0.0605. The van der Waals surface area contributed by atoms with E-state index in [9.17, 15) is 12.8 Å². The summed E-state index contributed by atoms with van der Waals surface area (Å²) in [4.78, 5) is 0.137. The topological polar surface area (TPSA) is 93.2 Å². The highest BCUT2D eigenvalue weighted by Gasteiger charge is 2.27. The molecule has 2 aromatic carbocycles. The van der Waals surface area contributed by atoms with Gasteiger partial charge >= 0.3 is 0 Å². The monoisotopic (exact) mass is 436 g/mol. The van der Waals surface area contributed by atoms with Crippen molar-refractivity contribution in [3.8, 4) is 5.75 Å². The molecule has 3 rings (SSSR count). The Balaban J connectivity index is 1.79. The number of halogens is 1. The van der Waals surface area contributed by atoms with Gasteiger partial charge in [-0.3, -0.25) is 0 Å². The molecule has 0 radical (unpaired) electrons. The molecule has 0 aliphatic heterocycles. The number of methoxy groups -OCH3 is 1. The zero-order chi connectivity index (χ0) is 21.0. The Hall–Kier alpha value is -2.56. The van der Waals surface area contributed by atoms with Crippen LogP contribution in [0, 0.1) is 11.7 Å². The minimum atomic E-state index is -3.76. The van der Waals surface area contributed by atoms with E-state index >= 15 is 0 Å². The average Bonchev–Trinajstić information content (AvgIpc) is 3.16. The van der Waals surface area contributed by atoms with Crippen LogP contribution >= 0.6 is 11.3 Å². The van der Waals surface area contributed by atoms with Crippen LogP contribution in [0.15, 0.2) is 53.4 Å². The van der Waals surface area contributed by atoms with Crippen LogP contribution in [0.5, 0.6) is 5.75 Å². The molecule has 1 atom stereocenters. The van der Waals surface area contributed by atoms with Gasteiger partial charge in [0.1, 0.15) is 16.6 Å². The first kappa shape index (κ1) is 21.2. The van der Waals surface area contributed by atoms with Crippen LogP contribution in [0.3, 0.4) is 0 Å². The Morgan fingerprint density at radius 1 is 1.03 bits per heavy atom. The Bertz CT molecular complexity index is 1050. The van der Waals surface area contributed by atoms with Gasteiger partial charge in [-0.2, -0.15) is 0 Å². The summed E-state index contributed by atoms with van der Waals surface area (Å²) >= 11 is 1.24. The summed E-state index contributed by atoms with van der Waals surface area (Å²) in [5, 5.41) is 12.3. The molecular weight excluding hydrogens is 415 g/mol. The summed E-state index contributed by atoms with van der Waals surface area (Å²) in [5.41, 5.74) is 0.661. The average molecular weight is 437 g/mol. The molecule has 29 heavy (non-hydrogen) atoms. The van der Waals surface area contributed by atoms with Gasteiger partial charge in [-0.25, -0.2) is 17.5 Å². The molecule has 3 aromatic rings. The summed E-state index contributed by atoms with van der Waals surface area (Å²) in [6.45, 7) is 3.80. The lowest BCUT2D eigenvalue weighted by atomic mass is 10.1. The van der Waals surface area contributed by atoms with Crippen LogP contribution in [0.2, 0.25) is 0 Å². The first-order valence-electron chi connectivity index (χ1n) is 8.81. The Kier molecular flexibility index (Phi) is 6.46. The third-order valence-electron chi connectivity index (χ3n) is 4.12. The lowest BCUT2D eigenvalue weighted by Crippen LogP contribution is -2.31. The predicted octanol–water partition coefficient (Wildman–Crippen LogP) is 4.11. The number of benzene rings is 2. The predicted molar refractivity (Wildman–Crippen MR) is 110 cm³/mol. The fourth-order valence-electron chi connectivity index (χ4n) is 2.53. The molecule has 0 amide bonds. The second-order valence-electron chi connectivity index (χ2n) is 6.60. The molecule has 0 aliphatic carbocycles. The van der Waals surface area contributed by atoms with Gasteiger partial charge in [0.15, 0.2) is 0 Å². The van der Waals surface area contributed by atoms with Crippen LogP contribution in [-0.4, -0.2) is 25.7 Å². The standard InChI is InChI=1S/C19H21FN4O3S2/c1-12(2)17(24-29(25,26)16-10-8-15(27-3)9-11-16)18-22-23-19(28-18)21-14-6-4-13(20)5-7-14/h4-12,17,24H,1-3H3,(H,21,23). The van der Waals surface area contributed by atoms with Crippen molar-refractivity contribution < 1.29 is 17.5 Å². The normalized spacial score (nSPS) is 12.7. The highest BCUT2D eigenvalue weighted by Crippen LogP contribution is 2.30. The lowest BCUT2D eigenvalue weighted by molar-refractivity contribution is 0.414. The SMILES string of the molecule is COc1ccc(S(=O)(=O)NC(c2nnc(Nc3ccc(F)cc3)s2)C(C)C)cc1. The van der Waals surface area contributed by atoms with E-state index in [2.05, 4.69) is 20.2 Å². The molecule has 154 valence electrons. The molecule has 0 saturated heterocycles. The van der Waals surface area contributed by atoms with E-state index in [1.807, 2.05) is 13.8 Å². The number of sulfonamides is 1. The van der Waals surface area contributed by atoms with Crippen LogP contribution in [0.25, 0.3) is 0 Å². The zero-order valence-corrected chi connectivity index (χ0v) is 17.7. The first-order valence-corrected chi connectivity index (χ1v) is 11.1. The van der Waals surface area contributed by atoms with Crippen molar-refractivity contribution in [3.05, 3.63) is 59.4 Å². The number of nitrogens with zero attached hydrogens (tertiary/aromatic N) is 2. The van der Waals surface area contributed by atoms with E-state index < -0.39 is 16.1 Å². The molecule has 0 fully saturated rings. The number of anilines is 2. The molecule has 0 bridgehead atoms. The van der Waals surface area contributed by atoms with E-state index in [0.717, 1.165) is 0 Å². The molecular formula is C19H21FN4O3S2. The van der Waals surface area contributed by atoms with Gasteiger partial charge in [0.25, 0.3) is 0 Å². The largest absolute Gasteiger partial charge is 0.497 e. The number of ether oxygens (including phenoxy) is 1. The van der Waals surface area contributed by atoms with Crippen molar-refractivity contribution in [2.24, 2.45) is 5.92 Å². The Morgan fingerprint density at radius 2 is 1.69 bits per heavy atom. The molecule has 0 spiro atoms. The fourth-order valence-corrected chi connectivity index (χ4v) is 4.94. The van der Waals surface area contributed by atoms with Crippen molar-refractivity contribution in [1.29, 1.82) is 0 Å². The molecule has 7 nitrogen and oxygen atoms in total. The van der Waals surface area contributed by atoms with Crippen LogP contribution in [-0.2, 0) is 10.0 Å². The minimum Gasteiger partial charge on any atom is -0.497 e. The van der Waals surface area contributed by atoms with Gasteiger partial charge in [-0.1, -0.05) is 25.2 Å². The van der Waals surface area contributed by atoms with Gasteiger partial charge in [-0.15, -0.1) is 10.2 Å². The maximum atomic E-state index is 13.0. The summed E-state index contributed by atoms with van der Waals surface area (Å²) in [6, 6.07) is 11.5. The van der Waals surface area contributed by atoms with Crippen molar-refractivity contribution in [3.63, 3.8) is 0 Å². The number of nitrogens with one attached hydrogen (secondary N) is 2. The molecule has 1 heterocycles. The van der Waals surface area contributed by atoms with Crippen molar-refractivity contribution in [1.82, 2.24) is 14.9 Å². The molecule has 0 saturated carbocycles. The van der Waals surface area contributed by atoms with Gasteiger partial charge in [0.05, 0.1) is 18.0 Å².